The molecule has 1 aromatic carbocycles. The van der Waals surface area contributed by atoms with Crippen molar-refractivity contribution < 1.29 is 14.1 Å². The molecule has 1 aromatic heterocycles. The Bertz CT molecular complexity index is 589. The fraction of sp³-hybridized carbons (Fsp3) is 0. The van der Waals surface area contributed by atoms with Crippen LogP contribution in [0, 0.1) is 15.9 Å². The van der Waals surface area contributed by atoms with Crippen molar-refractivity contribution in [2.45, 2.75) is 0 Å². The maximum Gasteiger partial charge on any atom is 0.330 e. The van der Waals surface area contributed by atoms with E-state index in [1.54, 1.807) is 0 Å². The zero-order valence-corrected chi connectivity index (χ0v) is 10.4. The molecule has 0 bridgehead atoms. The molecule has 0 N–H and O–H groups in total. The highest BCUT2D eigenvalue weighted by Crippen LogP contribution is 2.36. The number of ether oxygens (including phenoxy) is 1. The maximum absolute atomic E-state index is 12.7. The van der Waals surface area contributed by atoms with Crippen LogP contribution < -0.4 is 4.74 Å². The quantitative estimate of drug-likeness (QED) is 0.640. The molecule has 0 aliphatic carbocycles. The van der Waals surface area contributed by atoms with E-state index in [9.17, 15) is 14.5 Å². The van der Waals surface area contributed by atoms with Crippen LogP contribution >= 0.6 is 15.9 Å². The molecule has 1 heterocycles. The monoisotopic (exact) mass is 312 g/mol. The van der Waals surface area contributed by atoms with E-state index in [0.717, 1.165) is 6.20 Å². The summed E-state index contributed by atoms with van der Waals surface area (Å²) in [6.07, 6.45) is 2.47. The Labute approximate surface area is 110 Å². The van der Waals surface area contributed by atoms with Gasteiger partial charge in [0.1, 0.15) is 17.8 Å². The molecule has 18 heavy (non-hydrogen) atoms. The molecule has 0 saturated carbocycles. The summed E-state index contributed by atoms with van der Waals surface area (Å²) in [6, 6.07) is 5.17. The summed E-state index contributed by atoms with van der Waals surface area (Å²) >= 11 is 3.12. The van der Waals surface area contributed by atoms with Crippen LogP contribution in [-0.2, 0) is 0 Å². The first-order valence-electron chi connectivity index (χ1n) is 4.79. The molecule has 0 saturated heterocycles. The first-order chi connectivity index (χ1) is 8.58. The Morgan fingerprint density at radius 2 is 1.94 bits per heavy atom. The first-order valence-corrected chi connectivity index (χ1v) is 5.58. The summed E-state index contributed by atoms with van der Waals surface area (Å²) in [5.41, 5.74) is -0.270. The predicted octanol–water partition coefficient (Wildman–Crippen LogP) is 3.68. The summed E-state index contributed by atoms with van der Waals surface area (Å²) in [5.74, 6) is -0.0846. The van der Waals surface area contributed by atoms with Gasteiger partial charge in [-0.05, 0) is 40.2 Å². The van der Waals surface area contributed by atoms with Gasteiger partial charge in [0.05, 0.1) is 9.40 Å². The third-order valence-electron chi connectivity index (χ3n) is 2.06. The summed E-state index contributed by atoms with van der Waals surface area (Å²) in [5, 5.41) is 10.8. The molecule has 0 aliphatic rings. The third-order valence-corrected chi connectivity index (χ3v) is 2.63. The van der Waals surface area contributed by atoms with E-state index < -0.39 is 10.7 Å². The van der Waals surface area contributed by atoms with Crippen LogP contribution in [0.5, 0.6) is 11.5 Å². The second-order valence-electron chi connectivity index (χ2n) is 3.28. The van der Waals surface area contributed by atoms with Crippen LogP contribution in [0.2, 0.25) is 0 Å². The summed E-state index contributed by atoms with van der Waals surface area (Å²) in [6.45, 7) is 0. The highest BCUT2D eigenvalue weighted by Gasteiger charge is 2.19. The standard InChI is InChI=1S/C11H6BrFN2O3/c12-9-5-14-6-10(15(16)17)11(9)18-8-3-1-7(13)2-4-8/h1-6H. The van der Waals surface area contributed by atoms with E-state index >= 15 is 0 Å². The van der Waals surface area contributed by atoms with Gasteiger partial charge in [-0.1, -0.05) is 0 Å². The lowest BCUT2D eigenvalue weighted by Gasteiger charge is -2.07. The van der Waals surface area contributed by atoms with Crippen molar-refractivity contribution >= 4 is 21.6 Å². The molecule has 92 valence electrons. The highest BCUT2D eigenvalue weighted by molar-refractivity contribution is 9.10. The fourth-order valence-corrected chi connectivity index (χ4v) is 1.67. The van der Waals surface area contributed by atoms with E-state index in [4.69, 9.17) is 4.74 Å². The van der Waals surface area contributed by atoms with Gasteiger partial charge in [0.2, 0.25) is 5.75 Å². The van der Waals surface area contributed by atoms with E-state index in [-0.39, 0.29) is 11.4 Å². The van der Waals surface area contributed by atoms with Crippen molar-refractivity contribution in [3.05, 3.63) is 57.1 Å². The van der Waals surface area contributed by atoms with Crippen molar-refractivity contribution in [2.75, 3.05) is 0 Å². The SMILES string of the molecule is O=[N+]([O-])c1cncc(Br)c1Oc1ccc(F)cc1. The van der Waals surface area contributed by atoms with E-state index in [0.29, 0.717) is 10.2 Å². The summed E-state index contributed by atoms with van der Waals surface area (Å²) in [4.78, 5) is 13.9. The van der Waals surface area contributed by atoms with Crippen LogP contribution in [0.25, 0.3) is 0 Å². The van der Waals surface area contributed by atoms with Crippen molar-refractivity contribution in [3.8, 4) is 11.5 Å². The molecule has 7 heteroatoms. The molecule has 0 radical (unpaired) electrons. The minimum Gasteiger partial charge on any atom is -0.449 e. The average molecular weight is 313 g/mol. The van der Waals surface area contributed by atoms with Crippen LogP contribution in [0.4, 0.5) is 10.1 Å². The molecule has 0 fully saturated rings. The van der Waals surface area contributed by atoms with Crippen LogP contribution in [-0.4, -0.2) is 9.91 Å². The van der Waals surface area contributed by atoms with Gasteiger partial charge in [-0.15, -0.1) is 0 Å². The molecular formula is C11H6BrFN2O3. The molecule has 0 amide bonds. The molecular weight excluding hydrogens is 307 g/mol. The molecule has 0 atom stereocenters. The molecule has 0 unspecified atom stereocenters. The lowest BCUT2D eigenvalue weighted by atomic mass is 10.3. The van der Waals surface area contributed by atoms with E-state index in [2.05, 4.69) is 20.9 Å². The van der Waals surface area contributed by atoms with Crippen LogP contribution in [0.15, 0.2) is 41.1 Å². The van der Waals surface area contributed by atoms with Gasteiger partial charge in [-0.2, -0.15) is 0 Å². The Morgan fingerprint density at radius 3 is 2.56 bits per heavy atom. The summed E-state index contributed by atoms with van der Waals surface area (Å²) in [7, 11) is 0. The van der Waals surface area contributed by atoms with Gasteiger partial charge in [-0.3, -0.25) is 15.1 Å². The second-order valence-corrected chi connectivity index (χ2v) is 4.14. The zero-order valence-electron chi connectivity index (χ0n) is 8.84. The number of benzene rings is 1. The number of nitrogens with zero attached hydrogens (tertiary/aromatic N) is 2. The summed E-state index contributed by atoms with van der Waals surface area (Å²) < 4.78 is 18.4. The smallest absolute Gasteiger partial charge is 0.330 e. The molecule has 5 nitrogen and oxygen atoms in total. The molecule has 2 aromatic rings. The predicted molar refractivity (Wildman–Crippen MR) is 65.1 cm³/mol. The van der Waals surface area contributed by atoms with Gasteiger partial charge < -0.3 is 4.74 Å². The van der Waals surface area contributed by atoms with Gasteiger partial charge in [0.15, 0.2) is 0 Å². The third kappa shape index (κ3) is 2.62. The highest BCUT2D eigenvalue weighted by atomic mass is 79.9. The fourth-order valence-electron chi connectivity index (χ4n) is 1.26. The number of hydrogen-bond donors (Lipinski definition) is 0. The van der Waals surface area contributed by atoms with Crippen LogP contribution in [0.1, 0.15) is 0 Å². The number of rotatable bonds is 3. The maximum atomic E-state index is 12.7. The van der Waals surface area contributed by atoms with E-state index in [1.807, 2.05) is 0 Å². The second kappa shape index (κ2) is 5.09. The lowest BCUT2D eigenvalue weighted by Crippen LogP contribution is -1.95. The number of hydrogen-bond acceptors (Lipinski definition) is 4. The van der Waals surface area contributed by atoms with Gasteiger partial charge in [-0.25, -0.2) is 4.39 Å². The van der Waals surface area contributed by atoms with Crippen molar-refractivity contribution in [1.29, 1.82) is 0 Å². The van der Waals surface area contributed by atoms with Crippen molar-refractivity contribution in [3.63, 3.8) is 0 Å². The minimum absolute atomic E-state index is 0.0293. The first kappa shape index (κ1) is 12.4. The van der Waals surface area contributed by atoms with Crippen molar-refractivity contribution in [1.82, 2.24) is 4.98 Å². The lowest BCUT2D eigenvalue weighted by molar-refractivity contribution is -0.386. The molecule has 0 spiro atoms. The Kier molecular flexibility index (Phi) is 3.52. The molecule has 0 aliphatic heterocycles. The Hall–Kier alpha value is -2.02. The van der Waals surface area contributed by atoms with Crippen molar-refractivity contribution in [2.24, 2.45) is 0 Å². The van der Waals surface area contributed by atoms with Gasteiger partial charge >= 0.3 is 5.69 Å². The number of halogens is 2. The minimum atomic E-state index is -0.601. The Balaban J connectivity index is 2.39. The zero-order chi connectivity index (χ0) is 13.1. The normalized spacial score (nSPS) is 10.1. The Morgan fingerprint density at radius 1 is 1.28 bits per heavy atom. The van der Waals surface area contributed by atoms with Gasteiger partial charge in [0.25, 0.3) is 0 Å². The average Bonchev–Trinajstić information content (AvgIpc) is 2.34. The van der Waals surface area contributed by atoms with Gasteiger partial charge in [0, 0.05) is 6.20 Å². The molecule has 2 rings (SSSR count). The van der Waals surface area contributed by atoms with Crippen LogP contribution in [0.3, 0.4) is 0 Å². The van der Waals surface area contributed by atoms with E-state index in [1.165, 1.54) is 30.5 Å². The number of pyridine rings is 1. The number of nitro groups is 1. The topological polar surface area (TPSA) is 65.3 Å². The number of aromatic nitrogens is 1. The largest absolute Gasteiger partial charge is 0.449 e.